The lowest BCUT2D eigenvalue weighted by molar-refractivity contribution is -0.123. The number of amides is 2. The summed E-state index contributed by atoms with van der Waals surface area (Å²) in [4.78, 5) is 25.1. The normalized spacial score (nSPS) is 19.2. The largest absolute Gasteiger partial charge is 0.507 e. The fourth-order valence-electron chi connectivity index (χ4n) is 2.25. The molecule has 1 saturated heterocycles. The highest BCUT2D eigenvalue weighted by atomic mass is 79.9. The number of aromatic hydroxyl groups is 1. The third-order valence-electron chi connectivity index (χ3n) is 3.30. The first kappa shape index (κ1) is 13.9. The van der Waals surface area contributed by atoms with E-state index in [1.54, 1.807) is 17.0 Å². The zero-order valence-corrected chi connectivity index (χ0v) is 11.9. The maximum absolute atomic E-state index is 12.3. The number of piperidine rings is 1. The van der Waals surface area contributed by atoms with Crippen molar-refractivity contribution in [3.05, 3.63) is 28.2 Å². The predicted octanol–water partition coefficient (Wildman–Crippen LogP) is 1.49. The van der Waals surface area contributed by atoms with Gasteiger partial charge in [-0.3, -0.25) is 9.59 Å². The number of primary amides is 1. The lowest BCUT2D eigenvalue weighted by Crippen LogP contribution is -2.44. The summed E-state index contributed by atoms with van der Waals surface area (Å²) in [5.41, 5.74) is 5.53. The number of halogens is 1. The Kier molecular flexibility index (Phi) is 4.09. The molecule has 0 saturated carbocycles. The number of hydrogen-bond donors (Lipinski definition) is 2. The standard InChI is InChI=1S/C13H15BrN2O3/c14-9-3-4-10(11(17)6-9)13(19)16-5-1-2-8(7-16)12(15)18/h3-4,6,8,17H,1-2,5,7H2,(H2,15,18). The van der Waals surface area contributed by atoms with Crippen molar-refractivity contribution in [2.45, 2.75) is 12.8 Å². The minimum absolute atomic E-state index is 0.0689. The Hall–Kier alpha value is -1.56. The van der Waals surface area contributed by atoms with E-state index in [4.69, 9.17) is 5.73 Å². The number of carbonyl (C=O) groups excluding carboxylic acids is 2. The van der Waals surface area contributed by atoms with Crippen LogP contribution in [0.5, 0.6) is 5.75 Å². The number of phenols is 1. The van der Waals surface area contributed by atoms with Crippen molar-refractivity contribution >= 4 is 27.7 Å². The van der Waals surface area contributed by atoms with Crippen LogP contribution >= 0.6 is 15.9 Å². The molecule has 0 radical (unpaired) electrons. The topological polar surface area (TPSA) is 83.6 Å². The first-order valence-electron chi connectivity index (χ1n) is 6.06. The van der Waals surface area contributed by atoms with E-state index >= 15 is 0 Å². The Morgan fingerprint density at radius 1 is 1.42 bits per heavy atom. The van der Waals surface area contributed by atoms with Crippen LogP contribution in [-0.4, -0.2) is 34.9 Å². The van der Waals surface area contributed by atoms with E-state index in [1.807, 2.05) is 0 Å². The summed E-state index contributed by atoms with van der Waals surface area (Å²) in [5.74, 6) is -1.01. The van der Waals surface area contributed by atoms with Gasteiger partial charge in [-0.2, -0.15) is 0 Å². The van der Waals surface area contributed by atoms with Crippen molar-refractivity contribution < 1.29 is 14.7 Å². The van der Waals surface area contributed by atoms with Crippen LogP contribution in [0.25, 0.3) is 0 Å². The Labute approximate surface area is 119 Å². The smallest absolute Gasteiger partial charge is 0.257 e. The minimum atomic E-state index is -0.377. The first-order valence-corrected chi connectivity index (χ1v) is 6.85. The average molecular weight is 327 g/mol. The molecule has 1 aromatic rings. The molecule has 5 nitrogen and oxygen atoms in total. The Morgan fingerprint density at radius 2 is 2.16 bits per heavy atom. The van der Waals surface area contributed by atoms with Crippen LogP contribution in [-0.2, 0) is 4.79 Å². The predicted molar refractivity (Wildman–Crippen MR) is 73.6 cm³/mol. The van der Waals surface area contributed by atoms with Gasteiger partial charge in [0.1, 0.15) is 5.75 Å². The number of likely N-dealkylation sites (tertiary alicyclic amines) is 1. The molecule has 0 aliphatic carbocycles. The summed E-state index contributed by atoms with van der Waals surface area (Å²) in [5, 5.41) is 9.80. The maximum atomic E-state index is 12.3. The minimum Gasteiger partial charge on any atom is -0.507 e. The van der Waals surface area contributed by atoms with Gasteiger partial charge in [-0.25, -0.2) is 0 Å². The number of rotatable bonds is 2. The molecule has 1 aliphatic heterocycles. The molecule has 3 N–H and O–H groups in total. The van der Waals surface area contributed by atoms with Gasteiger partial charge in [0.15, 0.2) is 0 Å². The molecular weight excluding hydrogens is 312 g/mol. The Bertz CT molecular complexity index is 519. The van der Waals surface area contributed by atoms with Crippen LogP contribution in [0.4, 0.5) is 0 Å². The summed E-state index contributed by atoms with van der Waals surface area (Å²) in [6.45, 7) is 0.905. The molecule has 1 aliphatic rings. The summed E-state index contributed by atoms with van der Waals surface area (Å²) in [6, 6.07) is 4.74. The van der Waals surface area contributed by atoms with Crippen molar-refractivity contribution in [1.82, 2.24) is 4.90 Å². The molecular formula is C13H15BrN2O3. The zero-order valence-electron chi connectivity index (χ0n) is 10.3. The van der Waals surface area contributed by atoms with Crippen molar-refractivity contribution in [1.29, 1.82) is 0 Å². The summed E-state index contributed by atoms with van der Waals surface area (Å²) < 4.78 is 0.704. The van der Waals surface area contributed by atoms with E-state index < -0.39 is 0 Å². The fourth-order valence-corrected chi connectivity index (χ4v) is 2.60. The molecule has 2 rings (SSSR count). The summed E-state index contributed by atoms with van der Waals surface area (Å²) >= 11 is 3.22. The number of benzene rings is 1. The van der Waals surface area contributed by atoms with Crippen LogP contribution in [0.2, 0.25) is 0 Å². The number of phenolic OH excluding ortho intramolecular Hbond substituents is 1. The molecule has 1 fully saturated rings. The van der Waals surface area contributed by atoms with Gasteiger partial charge >= 0.3 is 0 Å². The second-order valence-electron chi connectivity index (χ2n) is 4.65. The van der Waals surface area contributed by atoms with E-state index in [0.717, 1.165) is 6.42 Å². The van der Waals surface area contributed by atoms with Gasteiger partial charge in [0.05, 0.1) is 11.5 Å². The molecule has 1 heterocycles. The highest BCUT2D eigenvalue weighted by Crippen LogP contribution is 2.25. The van der Waals surface area contributed by atoms with Crippen molar-refractivity contribution in [2.75, 3.05) is 13.1 Å². The van der Waals surface area contributed by atoms with E-state index in [9.17, 15) is 14.7 Å². The molecule has 0 aromatic heterocycles. The summed E-state index contributed by atoms with van der Waals surface area (Å²) in [7, 11) is 0. The van der Waals surface area contributed by atoms with Gasteiger partial charge in [0.25, 0.3) is 5.91 Å². The van der Waals surface area contributed by atoms with Gasteiger partial charge in [0, 0.05) is 17.6 Å². The lowest BCUT2D eigenvalue weighted by atomic mass is 9.97. The van der Waals surface area contributed by atoms with E-state index in [2.05, 4.69) is 15.9 Å². The number of nitrogens with zero attached hydrogens (tertiary/aromatic N) is 1. The molecule has 1 aromatic carbocycles. The monoisotopic (exact) mass is 326 g/mol. The van der Waals surface area contributed by atoms with Crippen LogP contribution in [0, 0.1) is 5.92 Å². The van der Waals surface area contributed by atoms with Crippen molar-refractivity contribution in [3.8, 4) is 5.75 Å². The third-order valence-corrected chi connectivity index (χ3v) is 3.79. The van der Waals surface area contributed by atoms with E-state index in [0.29, 0.717) is 24.0 Å². The molecule has 6 heteroatoms. The van der Waals surface area contributed by atoms with Crippen LogP contribution in [0.3, 0.4) is 0 Å². The van der Waals surface area contributed by atoms with Crippen molar-refractivity contribution in [3.63, 3.8) is 0 Å². The molecule has 0 spiro atoms. The molecule has 2 amide bonds. The van der Waals surface area contributed by atoms with Crippen LogP contribution in [0.15, 0.2) is 22.7 Å². The average Bonchev–Trinajstić information content (AvgIpc) is 2.38. The van der Waals surface area contributed by atoms with Gasteiger partial charge in [-0.05, 0) is 31.0 Å². The lowest BCUT2D eigenvalue weighted by Gasteiger charge is -2.31. The van der Waals surface area contributed by atoms with Crippen LogP contribution in [0.1, 0.15) is 23.2 Å². The molecule has 1 unspecified atom stereocenters. The number of hydrogen-bond acceptors (Lipinski definition) is 3. The van der Waals surface area contributed by atoms with Gasteiger partial charge in [0.2, 0.25) is 5.91 Å². The Morgan fingerprint density at radius 3 is 2.79 bits per heavy atom. The number of carbonyl (C=O) groups is 2. The highest BCUT2D eigenvalue weighted by molar-refractivity contribution is 9.10. The second-order valence-corrected chi connectivity index (χ2v) is 5.57. The van der Waals surface area contributed by atoms with Gasteiger partial charge < -0.3 is 15.7 Å². The van der Waals surface area contributed by atoms with Gasteiger partial charge in [-0.1, -0.05) is 15.9 Å². The van der Waals surface area contributed by atoms with Crippen molar-refractivity contribution in [2.24, 2.45) is 11.7 Å². The van der Waals surface area contributed by atoms with Gasteiger partial charge in [-0.15, -0.1) is 0 Å². The quantitative estimate of drug-likeness (QED) is 0.863. The summed E-state index contributed by atoms with van der Waals surface area (Å²) in [6.07, 6.45) is 1.46. The fraction of sp³-hybridized carbons (Fsp3) is 0.385. The molecule has 0 bridgehead atoms. The SMILES string of the molecule is NC(=O)C1CCCN(C(=O)c2ccc(Br)cc2O)C1. The Balaban J connectivity index is 2.17. The molecule has 1 atom stereocenters. The first-order chi connectivity index (χ1) is 8.99. The molecule has 19 heavy (non-hydrogen) atoms. The van der Waals surface area contributed by atoms with E-state index in [-0.39, 0.29) is 29.0 Å². The van der Waals surface area contributed by atoms with Crippen LogP contribution < -0.4 is 5.73 Å². The second kappa shape index (κ2) is 5.61. The van der Waals surface area contributed by atoms with E-state index in [1.165, 1.54) is 6.07 Å². The number of nitrogens with two attached hydrogens (primary N) is 1. The zero-order chi connectivity index (χ0) is 14.0. The molecule has 102 valence electrons. The maximum Gasteiger partial charge on any atom is 0.257 e. The third kappa shape index (κ3) is 3.07. The highest BCUT2D eigenvalue weighted by Gasteiger charge is 2.28.